The molecule has 4 heteroatoms. The lowest BCUT2D eigenvalue weighted by Gasteiger charge is -2.14. The number of aromatic amines is 1. The molecule has 0 radical (unpaired) electrons. The third-order valence-electron chi connectivity index (χ3n) is 4.56. The summed E-state index contributed by atoms with van der Waals surface area (Å²) in [6, 6.07) is 19.8. The van der Waals surface area contributed by atoms with E-state index in [4.69, 9.17) is 0 Å². The van der Waals surface area contributed by atoms with Gasteiger partial charge in [0, 0.05) is 16.3 Å². The highest BCUT2D eigenvalue weighted by Gasteiger charge is 2.16. The number of hydrogen-bond acceptors (Lipinski definition) is 2. The monoisotopic (exact) mass is 329 g/mol. The Kier molecular flexibility index (Phi) is 3.73. The van der Waals surface area contributed by atoms with Crippen LogP contribution in [-0.2, 0) is 0 Å². The van der Waals surface area contributed by atoms with Crippen molar-refractivity contribution in [2.45, 2.75) is 19.9 Å². The van der Waals surface area contributed by atoms with Crippen LogP contribution in [0.3, 0.4) is 0 Å². The van der Waals surface area contributed by atoms with Crippen molar-refractivity contribution in [3.8, 4) is 0 Å². The molecule has 0 saturated carbocycles. The van der Waals surface area contributed by atoms with E-state index < -0.39 is 0 Å². The van der Waals surface area contributed by atoms with E-state index in [9.17, 15) is 4.79 Å². The van der Waals surface area contributed by atoms with Crippen molar-refractivity contribution in [1.29, 1.82) is 0 Å². The van der Waals surface area contributed by atoms with E-state index in [-0.39, 0.29) is 11.9 Å². The van der Waals surface area contributed by atoms with Gasteiger partial charge in [-0.15, -0.1) is 0 Å². The lowest BCUT2D eigenvalue weighted by molar-refractivity contribution is 0.0935. The minimum absolute atomic E-state index is 0.0746. The molecule has 2 aromatic heterocycles. The number of hydrogen-bond donors (Lipinski definition) is 2. The van der Waals surface area contributed by atoms with Gasteiger partial charge in [0.25, 0.3) is 5.91 Å². The van der Waals surface area contributed by atoms with Crippen LogP contribution in [0.15, 0.2) is 60.7 Å². The standard InChI is InChI=1S/C21H19N3O/c1-13(15-8-4-3-5-9-15)23-21(25)19-12-17-16-10-6-7-11-18(16)24-20(17)14(2)22-19/h3-13,24H,1-2H3,(H,23,25)/t13-/m0/s1. The summed E-state index contributed by atoms with van der Waals surface area (Å²) >= 11 is 0. The number of benzene rings is 2. The van der Waals surface area contributed by atoms with Gasteiger partial charge in [-0.2, -0.15) is 0 Å². The van der Waals surface area contributed by atoms with E-state index in [0.29, 0.717) is 5.69 Å². The molecule has 4 aromatic rings. The zero-order valence-electron chi connectivity index (χ0n) is 14.2. The third kappa shape index (κ3) is 2.76. The van der Waals surface area contributed by atoms with Crippen molar-refractivity contribution in [3.05, 3.63) is 77.6 Å². The Morgan fingerprint density at radius 2 is 1.76 bits per heavy atom. The molecule has 0 aliphatic rings. The Morgan fingerprint density at radius 1 is 1.04 bits per heavy atom. The summed E-state index contributed by atoms with van der Waals surface area (Å²) in [6.07, 6.45) is 0. The molecular formula is C21H19N3O. The van der Waals surface area contributed by atoms with E-state index in [1.54, 1.807) is 0 Å². The van der Waals surface area contributed by atoms with E-state index >= 15 is 0 Å². The van der Waals surface area contributed by atoms with Gasteiger partial charge in [0.15, 0.2) is 0 Å². The lowest BCUT2D eigenvalue weighted by Crippen LogP contribution is -2.27. The topological polar surface area (TPSA) is 57.8 Å². The molecule has 0 aliphatic heterocycles. The second-order valence-corrected chi connectivity index (χ2v) is 6.29. The molecule has 1 atom stereocenters. The molecule has 2 heterocycles. The number of para-hydroxylation sites is 1. The van der Waals surface area contributed by atoms with Crippen molar-refractivity contribution in [2.24, 2.45) is 0 Å². The molecule has 25 heavy (non-hydrogen) atoms. The number of amides is 1. The number of carbonyl (C=O) groups is 1. The number of pyridine rings is 1. The number of rotatable bonds is 3. The van der Waals surface area contributed by atoms with E-state index in [0.717, 1.165) is 33.1 Å². The number of nitrogens with zero attached hydrogens (tertiary/aromatic N) is 1. The molecule has 4 rings (SSSR count). The summed E-state index contributed by atoms with van der Waals surface area (Å²) in [5.74, 6) is -0.161. The maximum atomic E-state index is 12.7. The van der Waals surface area contributed by atoms with E-state index in [1.165, 1.54) is 0 Å². The van der Waals surface area contributed by atoms with Crippen LogP contribution < -0.4 is 5.32 Å². The number of fused-ring (bicyclic) bond motifs is 3. The van der Waals surface area contributed by atoms with Crippen molar-refractivity contribution >= 4 is 27.7 Å². The van der Waals surface area contributed by atoms with Crippen LogP contribution in [0.25, 0.3) is 21.8 Å². The summed E-state index contributed by atoms with van der Waals surface area (Å²) in [6.45, 7) is 3.90. The predicted molar refractivity (Wildman–Crippen MR) is 101 cm³/mol. The first kappa shape index (κ1) is 15.4. The maximum absolute atomic E-state index is 12.7. The molecule has 0 unspecified atom stereocenters. The van der Waals surface area contributed by atoms with Gasteiger partial charge in [-0.05, 0) is 31.5 Å². The predicted octanol–water partition coefficient (Wildman–Crippen LogP) is 4.52. The first-order chi connectivity index (χ1) is 12.1. The van der Waals surface area contributed by atoms with Crippen LogP contribution >= 0.6 is 0 Å². The number of nitrogens with one attached hydrogen (secondary N) is 2. The van der Waals surface area contributed by atoms with Gasteiger partial charge >= 0.3 is 0 Å². The van der Waals surface area contributed by atoms with Gasteiger partial charge in [0.05, 0.1) is 17.3 Å². The minimum atomic E-state index is -0.161. The summed E-state index contributed by atoms with van der Waals surface area (Å²) in [7, 11) is 0. The van der Waals surface area contributed by atoms with E-state index in [1.807, 2.05) is 68.4 Å². The molecule has 124 valence electrons. The normalized spacial score (nSPS) is 12.4. The van der Waals surface area contributed by atoms with Crippen LogP contribution in [0.1, 0.15) is 34.7 Å². The zero-order chi connectivity index (χ0) is 17.4. The highest BCUT2D eigenvalue weighted by Crippen LogP contribution is 2.27. The molecule has 1 amide bonds. The first-order valence-corrected chi connectivity index (χ1v) is 8.37. The molecular weight excluding hydrogens is 310 g/mol. The van der Waals surface area contributed by atoms with Crippen LogP contribution in [0.4, 0.5) is 0 Å². The van der Waals surface area contributed by atoms with Crippen molar-refractivity contribution in [1.82, 2.24) is 15.3 Å². The number of aromatic nitrogens is 2. The van der Waals surface area contributed by atoms with Crippen LogP contribution in [-0.4, -0.2) is 15.9 Å². The van der Waals surface area contributed by atoms with E-state index in [2.05, 4.69) is 21.4 Å². The maximum Gasteiger partial charge on any atom is 0.270 e. The Morgan fingerprint density at radius 3 is 2.56 bits per heavy atom. The second-order valence-electron chi connectivity index (χ2n) is 6.29. The third-order valence-corrected chi connectivity index (χ3v) is 4.56. The molecule has 0 fully saturated rings. The molecule has 0 bridgehead atoms. The van der Waals surface area contributed by atoms with Gasteiger partial charge in [-0.25, -0.2) is 4.98 Å². The van der Waals surface area contributed by atoms with Crippen LogP contribution in [0, 0.1) is 6.92 Å². The quantitative estimate of drug-likeness (QED) is 0.581. The number of carbonyl (C=O) groups excluding carboxylic acids is 1. The van der Waals surface area contributed by atoms with Gasteiger partial charge in [0.1, 0.15) is 5.69 Å². The summed E-state index contributed by atoms with van der Waals surface area (Å²) in [5, 5.41) is 5.17. The van der Waals surface area contributed by atoms with Crippen molar-refractivity contribution in [2.75, 3.05) is 0 Å². The molecule has 0 spiro atoms. The number of aryl methyl sites for hydroxylation is 1. The Balaban J connectivity index is 1.71. The van der Waals surface area contributed by atoms with Crippen molar-refractivity contribution in [3.63, 3.8) is 0 Å². The largest absolute Gasteiger partial charge is 0.353 e. The molecule has 0 aliphatic carbocycles. The minimum Gasteiger partial charge on any atom is -0.353 e. The van der Waals surface area contributed by atoms with Crippen LogP contribution in [0.2, 0.25) is 0 Å². The first-order valence-electron chi connectivity index (χ1n) is 8.37. The molecule has 2 aromatic carbocycles. The Hall–Kier alpha value is -3.14. The second kappa shape index (κ2) is 6.06. The van der Waals surface area contributed by atoms with Crippen molar-refractivity contribution < 1.29 is 4.79 Å². The Bertz CT molecular complexity index is 1070. The smallest absolute Gasteiger partial charge is 0.270 e. The fraction of sp³-hybridized carbons (Fsp3) is 0.143. The molecule has 4 nitrogen and oxygen atoms in total. The number of H-pyrrole nitrogens is 1. The molecule has 0 saturated heterocycles. The molecule has 2 N–H and O–H groups in total. The summed E-state index contributed by atoms with van der Waals surface area (Å²) in [5.41, 5.74) is 4.37. The van der Waals surface area contributed by atoms with Gasteiger partial charge < -0.3 is 10.3 Å². The SMILES string of the molecule is Cc1nc(C(=O)N[C@@H](C)c2ccccc2)cc2c1[nH]c1ccccc12. The average molecular weight is 329 g/mol. The van der Waals surface area contributed by atoms with Gasteiger partial charge in [0.2, 0.25) is 0 Å². The highest BCUT2D eigenvalue weighted by molar-refractivity contribution is 6.10. The van der Waals surface area contributed by atoms with Gasteiger partial charge in [-0.1, -0.05) is 48.5 Å². The fourth-order valence-electron chi connectivity index (χ4n) is 3.22. The van der Waals surface area contributed by atoms with Gasteiger partial charge in [-0.3, -0.25) is 4.79 Å². The highest BCUT2D eigenvalue weighted by atomic mass is 16.1. The fourth-order valence-corrected chi connectivity index (χ4v) is 3.22. The zero-order valence-corrected chi connectivity index (χ0v) is 14.2. The summed E-state index contributed by atoms with van der Waals surface area (Å²) in [4.78, 5) is 20.6. The average Bonchev–Trinajstić information content (AvgIpc) is 3.02. The lowest BCUT2D eigenvalue weighted by atomic mass is 10.1. The van der Waals surface area contributed by atoms with Crippen LogP contribution in [0.5, 0.6) is 0 Å². The summed E-state index contributed by atoms with van der Waals surface area (Å²) < 4.78 is 0. The Labute approximate surface area is 145 Å².